The van der Waals surface area contributed by atoms with E-state index in [4.69, 9.17) is 0 Å². The third-order valence-electron chi connectivity index (χ3n) is 4.47. The minimum atomic E-state index is 0. The zero-order chi connectivity index (χ0) is 15.2. The van der Waals surface area contributed by atoms with Gasteiger partial charge in [-0.3, -0.25) is 4.99 Å². The first-order valence-corrected chi connectivity index (χ1v) is 8.31. The Morgan fingerprint density at radius 1 is 1.22 bits per heavy atom. The standard InChI is InChI=1S/C18H26N4.HI/c1-19-18(21-16-8-2-3-9-16)20-14-15-7-6-10-17(13-15)22-11-4-5-12-22;/h4-7,10,13,16H,2-3,8-9,11-12,14H2,1H3,(H2,19,20,21);1H. The van der Waals surface area contributed by atoms with Gasteiger partial charge in [-0.1, -0.05) is 37.1 Å². The molecule has 0 amide bonds. The Labute approximate surface area is 156 Å². The van der Waals surface area contributed by atoms with Crippen LogP contribution < -0.4 is 15.5 Å². The SMILES string of the molecule is CN=C(NCc1cccc(N2CC=CC2)c1)NC1CCCC1.I. The molecule has 1 fully saturated rings. The summed E-state index contributed by atoms with van der Waals surface area (Å²) in [5.74, 6) is 0.917. The molecule has 0 bridgehead atoms. The van der Waals surface area contributed by atoms with Gasteiger partial charge >= 0.3 is 0 Å². The Morgan fingerprint density at radius 3 is 2.65 bits per heavy atom. The summed E-state index contributed by atoms with van der Waals surface area (Å²) in [5, 5.41) is 6.96. The number of benzene rings is 1. The van der Waals surface area contributed by atoms with Crippen molar-refractivity contribution < 1.29 is 0 Å². The average molecular weight is 426 g/mol. The minimum absolute atomic E-state index is 0. The summed E-state index contributed by atoms with van der Waals surface area (Å²) < 4.78 is 0. The maximum absolute atomic E-state index is 4.34. The van der Waals surface area contributed by atoms with E-state index in [1.807, 2.05) is 7.05 Å². The maximum atomic E-state index is 4.34. The van der Waals surface area contributed by atoms with E-state index in [9.17, 15) is 0 Å². The second kappa shape index (κ2) is 9.15. The highest BCUT2D eigenvalue weighted by Crippen LogP contribution is 2.19. The predicted molar refractivity (Wildman–Crippen MR) is 109 cm³/mol. The van der Waals surface area contributed by atoms with E-state index in [2.05, 4.69) is 56.9 Å². The van der Waals surface area contributed by atoms with Crippen LogP contribution in [-0.2, 0) is 6.54 Å². The van der Waals surface area contributed by atoms with E-state index in [0.717, 1.165) is 25.6 Å². The van der Waals surface area contributed by atoms with Crippen molar-refractivity contribution in [1.82, 2.24) is 10.6 Å². The van der Waals surface area contributed by atoms with Crippen molar-refractivity contribution >= 4 is 35.6 Å². The molecule has 1 heterocycles. The Morgan fingerprint density at radius 2 is 1.96 bits per heavy atom. The van der Waals surface area contributed by atoms with Crippen LogP contribution in [0, 0.1) is 0 Å². The van der Waals surface area contributed by atoms with Crippen molar-refractivity contribution in [3.05, 3.63) is 42.0 Å². The lowest BCUT2D eigenvalue weighted by Gasteiger charge is -2.19. The quantitative estimate of drug-likeness (QED) is 0.336. The highest BCUT2D eigenvalue weighted by Gasteiger charge is 2.15. The van der Waals surface area contributed by atoms with Gasteiger partial charge in [0, 0.05) is 38.4 Å². The molecule has 0 atom stereocenters. The van der Waals surface area contributed by atoms with Crippen LogP contribution >= 0.6 is 24.0 Å². The van der Waals surface area contributed by atoms with E-state index in [0.29, 0.717) is 6.04 Å². The average Bonchev–Trinajstić information content (AvgIpc) is 3.25. The highest BCUT2D eigenvalue weighted by molar-refractivity contribution is 14.0. The lowest BCUT2D eigenvalue weighted by Crippen LogP contribution is -2.41. The van der Waals surface area contributed by atoms with Crippen LogP contribution in [0.3, 0.4) is 0 Å². The molecule has 2 N–H and O–H groups in total. The lowest BCUT2D eigenvalue weighted by atomic mass is 10.2. The van der Waals surface area contributed by atoms with Gasteiger partial charge < -0.3 is 15.5 Å². The van der Waals surface area contributed by atoms with E-state index in [1.54, 1.807) is 0 Å². The number of nitrogens with zero attached hydrogens (tertiary/aromatic N) is 2. The number of aliphatic imine (C=N–C) groups is 1. The largest absolute Gasteiger partial charge is 0.364 e. The van der Waals surface area contributed by atoms with Crippen molar-refractivity contribution in [2.45, 2.75) is 38.3 Å². The van der Waals surface area contributed by atoms with Gasteiger partial charge in [0.05, 0.1) is 0 Å². The van der Waals surface area contributed by atoms with Gasteiger partial charge in [0.15, 0.2) is 5.96 Å². The number of hydrogen-bond donors (Lipinski definition) is 2. The molecule has 1 aromatic rings. The van der Waals surface area contributed by atoms with Crippen molar-refractivity contribution in [3.63, 3.8) is 0 Å². The molecule has 1 aliphatic heterocycles. The zero-order valence-corrected chi connectivity index (χ0v) is 16.1. The molecule has 2 aliphatic rings. The smallest absolute Gasteiger partial charge is 0.191 e. The molecule has 5 heteroatoms. The lowest BCUT2D eigenvalue weighted by molar-refractivity contribution is 0.613. The summed E-state index contributed by atoms with van der Waals surface area (Å²) in [6.45, 7) is 2.84. The monoisotopic (exact) mass is 426 g/mol. The maximum Gasteiger partial charge on any atom is 0.191 e. The van der Waals surface area contributed by atoms with Gasteiger partial charge in [0.2, 0.25) is 0 Å². The van der Waals surface area contributed by atoms with Gasteiger partial charge in [-0.15, -0.1) is 24.0 Å². The van der Waals surface area contributed by atoms with Gasteiger partial charge in [-0.25, -0.2) is 0 Å². The van der Waals surface area contributed by atoms with E-state index in [1.165, 1.54) is 36.9 Å². The number of hydrogen-bond acceptors (Lipinski definition) is 2. The van der Waals surface area contributed by atoms with Crippen LogP contribution in [0.25, 0.3) is 0 Å². The fraction of sp³-hybridized carbons (Fsp3) is 0.500. The van der Waals surface area contributed by atoms with Crippen LogP contribution in [-0.4, -0.2) is 32.1 Å². The normalized spacial score (nSPS) is 18.1. The van der Waals surface area contributed by atoms with Gasteiger partial charge in [-0.05, 0) is 30.5 Å². The molecule has 1 saturated carbocycles. The van der Waals surface area contributed by atoms with Crippen LogP contribution in [0.4, 0.5) is 5.69 Å². The number of guanidine groups is 1. The molecule has 1 aromatic carbocycles. The zero-order valence-electron chi connectivity index (χ0n) is 13.8. The number of rotatable bonds is 4. The van der Waals surface area contributed by atoms with Crippen molar-refractivity contribution in [1.29, 1.82) is 0 Å². The Balaban J connectivity index is 0.00000192. The Hall–Kier alpha value is -1.24. The highest BCUT2D eigenvalue weighted by atomic mass is 127. The number of halogens is 1. The fourth-order valence-electron chi connectivity index (χ4n) is 3.20. The molecule has 23 heavy (non-hydrogen) atoms. The van der Waals surface area contributed by atoms with Crippen LogP contribution in [0.2, 0.25) is 0 Å². The second-order valence-corrected chi connectivity index (χ2v) is 6.10. The molecule has 1 aliphatic carbocycles. The first-order chi connectivity index (χ1) is 10.8. The van der Waals surface area contributed by atoms with E-state index >= 15 is 0 Å². The molecule has 0 saturated heterocycles. The van der Waals surface area contributed by atoms with E-state index < -0.39 is 0 Å². The summed E-state index contributed by atoms with van der Waals surface area (Å²) >= 11 is 0. The molecular weight excluding hydrogens is 399 g/mol. The molecule has 3 rings (SSSR count). The van der Waals surface area contributed by atoms with Crippen molar-refractivity contribution in [2.24, 2.45) is 4.99 Å². The number of nitrogens with one attached hydrogen (secondary N) is 2. The minimum Gasteiger partial charge on any atom is -0.364 e. The third kappa shape index (κ3) is 5.12. The van der Waals surface area contributed by atoms with Gasteiger partial charge in [0.25, 0.3) is 0 Å². The number of anilines is 1. The van der Waals surface area contributed by atoms with Crippen molar-refractivity contribution in [3.8, 4) is 0 Å². The Kier molecular flexibility index (Phi) is 7.20. The predicted octanol–water partition coefficient (Wildman–Crippen LogP) is 3.29. The van der Waals surface area contributed by atoms with Gasteiger partial charge in [0.1, 0.15) is 0 Å². The van der Waals surface area contributed by atoms with Crippen molar-refractivity contribution in [2.75, 3.05) is 25.0 Å². The summed E-state index contributed by atoms with van der Waals surface area (Å²) in [5.41, 5.74) is 2.59. The van der Waals surface area contributed by atoms with Crippen LogP contribution in [0.1, 0.15) is 31.2 Å². The molecular formula is C18H27IN4. The summed E-state index contributed by atoms with van der Waals surface area (Å²) in [7, 11) is 1.84. The van der Waals surface area contributed by atoms with Crippen LogP contribution in [0.5, 0.6) is 0 Å². The first kappa shape index (κ1) is 18.1. The van der Waals surface area contributed by atoms with Crippen LogP contribution in [0.15, 0.2) is 41.4 Å². The topological polar surface area (TPSA) is 39.7 Å². The summed E-state index contributed by atoms with van der Waals surface area (Å²) in [4.78, 5) is 6.71. The third-order valence-corrected chi connectivity index (χ3v) is 4.47. The fourth-order valence-corrected chi connectivity index (χ4v) is 3.20. The first-order valence-electron chi connectivity index (χ1n) is 8.31. The van der Waals surface area contributed by atoms with Gasteiger partial charge in [-0.2, -0.15) is 0 Å². The molecule has 0 unspecified atom stereocenters. The molecule has 0 radical (unpaired) electrons. The van der Waals surface area contributed by atoms with E-state index in [-0.39, 0.29) is 24.0 Å². The molecule has 126 valence electrons. The second-order valence-electron chi connectivity index (χ2n) is 6.10. The molecule has 4 nitrogen and oxygen atoms in total. The molecule has 0 aromatic heterocycles. The Bertz CT molecular complexity index is 542. The summed E-state index contributed by atoms with van der Waals surface area (Å²) in [6, 6.07) is 9.35. The summed E-state index contributed by atoms with van der Waals surface area (Å²) in [6.07, 6.45) is 9.63. The molecule has 0 spiro atoms.